The van der Waals surface area contributed by atoms with Crippen molar-refractivity contribution in [2.75, 3.05) is 33.3 Å². The number of carbonyl (C=O) groups is 2. The highest BCUT2D eigenvalue weighted by Crippen LogP contribution is 2.32. The molecule has 43 heavy (non-hydrogen) atoms. The number of halogens is 2. The Hall–Kier alpha value is -4.46. The molecule has 0 aliphatic carbocycles. The summed E-state index contributed by atoms with van der Waals surface area (Å²) in [5.41, 5.74) is 4.34. The number of aryl methyl sites for hydroxylation is 1. The Labute approximate surface area is 251 Å². The van der Waals surface area contributed by atoms with Crippen LogP contribution in [0.4, 0.5) is 8.78 Å². The van der Waals surface area contributed by atoms with Gasteiger partial charge in [0, 0.05) is 43.5 Å². The molecule has 1 aliphatic heterocycles. The summed E-state index contributed by atoms with van der Waals surface area (Å²) in [4.78, 5) is 30.5. The third-order valence-electron chi connectivity index (χ3n) is 8.14. The Bertz CT molecular complexity index is 1590. The Morgan fingerprint density at radius 1 is 0.814 bits per heavy atom. The number of carbonyl (C=O) groups excluding carboxylic acids is 2. The summed E-state index contributed by atoms with van der Waals surface area (Å²) in [6.07, 6.45) is 4.52. The van der Waals surface area contributed by atoms with E-state index in [0.717, 1.165) is 24.5 Å². The standard InChI is InChI=1S/C35H37F2N3O3/c1-4-5-6-7-25-8-10-27(11-9-25)34(41)38-18-20-39(21-19-38)35(42)30-23-33(26-12-15-29(43-3)16-13-26)40(24(30)2)32-17-14-28(36)22-31(32)37/h8-17,22-23H,4-7,18-21H2,1-3H3. The number of hydrogen-bond acceptors (Lipinski definition) is 3. The third-order valence-corrected chi connectivity index (χ3v) is 8.14. The maximum Gasteiger partial charge on any atom is 0.255 e. The summed E-state index contributed by atoms with van der Waals surface area (Å²) in [6, 6.07) is 20.3. The van der Waals surface area contributed by atoms with Gasteiger partial charge in [0.1, 0.15) is 17.4 Å². The van der Waals surface area contributed by atoms with E-state index >= 15 is 4.39 Å². The van der Waals surface area contributed by atoms with E-state index in [4.69, 9.17) is 4.74 Å². The van der Waals surface area contributed by atoms with E-state index in [9.17, 15) is 14.0 Å². The number of hydrogen-bond donors (Lipinski definition) is 0. The first-order chi connectivity index (χ1) is 20.8. The molecule has 4 aromatic rings. The Balaban J connectivity index is 1.35. The highest BCUT2D eigenvalue weighted by Gasteiger charge is 2.29. The van der Waals surface area contributed by atoms with Crippen LogP contribution in [0.2, 0.25) is 0 Å². The fraction of sp³-hybridized carbons (Fsp3) is 0.314. The minimum absolute atomic E-state index is 0.0388. The van der Waals surface area contributed by atoms with Gasteiger partial charge in [0.2, 0.25) is 0 Å². The van der Waals surface area contributed by atoms with Gasteiger partial charge in [0.05, 0.1) is 24.1 Å². The Kier molecular flexibility index (Phi) is 9.24. The van der Waals surface area contributed by atoms with Crippen LogP contribution in [0.25, 0.3) is 16.9 Å². The number of nitrogens with zero attached hydrogens (tertiary/aromatic N) is 3. The predicted octanol–water partition coefficient (Wildman–Crippen LogP) is 7.07. The monoisotopic (exact) mass is 585 g/mol. The van der Waals surface area contributed by atoms with Crippen molar-refractivity contribution in [2.24, 2.45) is 0 Å². The zero-order valence-corrected chi connectivity index (χ0v) is 24.9. The average Bonchev–Trinajstić information content (AvgIpc) is 3.37. The van der Waals surface area contributed by atoms with Crippen LogP contribution in [0.5, 0.6) is 5.75 Å². The van der Waals surface area contributed by atoms with Crippen molar-refractivity contribution in [2.45, 2.75) is 39.5 Å². The van der Waals surface area contributed by atoms with Crippen LogP contribution >= 0.6 is 0 Å². The van der Waals surface area contributed by atoms with Crippen LogP contribution in [0, 0.1) is 18.6 Å². The van der Waals surface area contributed by atoms with E-state index in [1.807, 2.05) is 36.4 Å². The number of aromatic nitrogens is 1. The normalized spacial score (nSPS) is 13.3. The predicted molar refractivity (Wildman–Crippen MR) is 164 cm³/mol. The molecule has 3 aromatic carbocycles. The Morgan fingerprint density at radius 2 is 1.47 bits per heavy atom. The van der Waals surface area contributed by atoms with Crippen molar-refractivity contribution < 1.29 is 23.1 Å². The van der Waals surface area contributed by atoms with Gasteiger partial charge in [-0.25, -0.2) is 8.78 Å². The van der Waals surface area contributed by atoms with Crippen LogP contribution in [0.15, 0.2) is 72.8 Å². The molecule has 0 N–H and O–H groups in total. The van der Waals surface area contributed by atoms with Gasteiger partial charge < -0.3 is 19.1 Å². The van der Waals surface area contributed by atoms with Gasteiger partial charge in [-0.05, 0) is 85.5 Å². The molecular formula is C35H37F2N3O3. The van der Waals surface area contributed by atoms with E-state index < -0.39 is 11.6 Å². The number of unbranched alkanes of at least 4 members (excludes halogenated alkanes) is 2. The summed E-state index contributed by atoms with van der Waals surface area (Å²) in [5, 5.41) is 0. The molecule has 1 aromatic heterocycles. The summed E-state index contributed by atoms with van der Waals surface area (Å²) < 4.78 is 35.7. The number of rotatable bonds is 9. The molecule has 0 saturated carbocycles. The largest absolute Gasteiger partial charge is 0.497 e. The summed E-state index contributed by atoms with van der Waals surface area (Å²) in [7, 11) is 1.57. The molecule has 2 heterocycles. The molecule has 5 rings (SSSR count). The molecule has 0 atom stereocenters. The van der Waals surface area contributed by atoms with Crippen molar-refractivity contribution in [3.63, 3.8) is 0 Å². The molecule has 224 valence electrons. The first-order valence-electron chi connectivity index (χ1n) is 14.8. The van der Waals surface area contributed by atoms with Crippen molar-refractivity contribution in [1.82, 2.24) is 14.4 Å². The molecule has 6 nitrogen and oxygen atoms in total. The highest BCUT2D eigenvalue weighted by molar-refractivity contribution is 5.98. The number of ether oxygens (including phenoxy) is 1. The second-order valence-electron chi connectivity index (χ2n) is 10.9. The smallest absolute Gasteiger partial charge is 0.255 e. The van der Waals surface area contributed by atoms with Gasteiger partial charge in [-0.15, -0.1) is 0 Å². The molecular weight excluding hydrogens is 548 g/mol. The maximum atomic E-state index is 15.0. The molecule has 1 fully saturated rings. The summed E-state index contributed by atoms with van der Waals surface area (Å²) in [5.74, 6) is -0.976. The Morgan fingerprint density at radius 3 is 2.07 bits per heavy atom. The van der Waals surface area contributed by atoms with Gasteiger partial charge >= 0.3 is 0 Å². The number of benzene rings is 3. The van der Waals surface area contributed by atoms with Crippen LogP contribution in [-0.2, 0) is 6.42 Å². The SMILES string of the molecule is CCCCCc1ccc(C(=O)N2CCN(C(=O)c3cc(-c4ccc(OC)cc4)n(-c4ccc(F)cc4F)c3C)CC2)cc1. The van der Waals surface area contributed by atoms with Crippen LogP contribution < -0.4 is 4.74 Å². The average molecular weight is 586 g/mol. The van der Waals surface area contributed by atoms with E-state index in [1.165, 1.54) is 30.5 Å². The van der Waals surface area contributed by atoms with Crippen LogP contribution in [0.1, 0.15) is 58.2 Å². The van der Waals surface area contributed by atoms with E-state index in [-0.39, 0.29) is 17.5 Å². The summed E-state index contributed by atoms with van der Waals surface area (Å²) in [6.45, 7) is 5.54. The highest BCUT2D eigenvalue weighted by atomic mass is 19.1. The lowest BCUT2D eigenvalue weighted by molar-refractivity contribution is 0.0535. The molecule has 0 radical (unpaired) electrons. The lowest BCUT2D eigenvalue weighted by Crippen LogP contribution is -2.50. The minimum atomic E-state index is -0.728. The number of piperazine rings is 1. The molecule has 1 saturated heterocycles. The molecule has 0 unspecified atom stereocenters. The minimum Gasteiger partial charge on any atom is -0.497 e. The van der Waals surface area contributed by atoms with Crippen LogP contribution in [0.3, 0.4) is 0 Å². The second-order valence-corrected chi connectivity index (χ2v) is 10.9. The first-order valence-corrected chi connectivity index (χ1v) is 14.8. The second kappa shape index (κ2) is 13.2. The van der Waals surface area contributed by atoms with Gasteiger partial charge in [0.15, 0.2) is 0 Å². The molecule has 1 aliphatic rings. The third kappa shape index (κ3) is 6.48. The lowest BCUT2D eigenvalue weighted by atomic mass is 10.0. The van der Waals surface area contributed by atoms with Crippen molar-refractivity contribution >= 4 is 11.8 Å². The molecule has 0 bridgehead atoms. The maximum absolute atomic E-state index is 15.0. The van der Waals surface area contributed by atoms with Gasteiger partial charge in [-0.1, -0.05) is 31.9 Å². The fourth-order valence-corrected chi connectivity index (χ4v) is 5.63. The molecule has 0 spiro atoms. The quantitative estimate of drug-likeness (QED) is 0.198. The number of amides is 2. The fourth-order valence-electron chi connectivity index (χ4n) is 5.63. The van der Waals surface area contributed by atoms with Gasteiger partial charge in [-0.3, -0.25) is 9.59 Å². The zero-order valence-electron chi connectivity index (χ0n) is 24.9. The van der Waals surface area contributed by atoms with E-state index in [2.05, 4.69) is 6.92 Å². The first kappa shape index (κ1) is 30.0. The molecule has 8 heteroatoms. The molecule has 2 amide bonds. The van der Waals surface area contributed by atoms with Crippen molar-refractivity contribution in [3.05, 3.63) is 107 Å². The van der Waals surface area contributed by atoms with Crippen LogP contribution in [-0.4, -0.2) is 59.5 Å². The number of methoxy groups -OCH3 is 1. The van der Waals surface area contributed by atoms with Crippen molar-refractivity contribution in [3.8, 4) is 22.7 Å². The van der Waals surface area contributed by atoms with Gasteiger partial charge in [0.25, 0.3) is 11.8 Å². The van der Waals surface area contributed by atoms with Crippen molar-refractivity contribution in [1.29, 1.82) is 0 Å². The van der Waals surface area contributed by atoms with Gasteiger partial charge in [-0.2, -0.15) is 0 Å². The topological polar surface area (TPSA) is 54.8 Å². The van der Waals surface area contributed by atoms with E-state index in [1.54, 1.807) is 46.6 Å². The summed E-state index contributed by atoms with van der Waals surface area (Å²) >= 11 is 0. The lowest BCUT2D eigenvalue weighted by Gasteiger charge is -2.35. The zero-order chi connectivity index (χ0) is 30.5. The van der Waals surface area contributed by atoms with E-state index in [0.29, 0.717) is 54.4 Å².